The molecule has 0 saturated carbocycles. The third-order valence-corrected chi connectivity index (χ3v) is 17.0. The van der Waals surface area contributed by atoms with Gasteiger partial charge < -0.3 is 9.38 Å². The third-order valence-electron chi connectivity index (χ3n) is 17.0. The molecule has 10 aromatic carbocycles. The van der Waals surface area contributed by atoms with Crippen molar-refractivity contribution in [2.75, 3.05) is 4.90 Å². The summed E-state index contributed by atoms with van der Waals surface area (Å²) in [4.78, 5) is 2.71. The second-order valence-corrected chi connectivity index (χ2v) is 26.2. The first-order valence-corrected chi connectivity index (χ1v) is 27.5. The Morgan fingerprint density at radius 1 is 0.387 bits per heavy atom. The maximum Gasteiger partial charge on any atom is 0.333 e. The van der Waals surface area contributed by atoms with Crippen molar-refractivity contribution in [2.24, 2.45) is 0 Å². The SMILES string of the molecule is CC(C)(C)c1cc(N2c3cc4c(Cc5ccccc5)c5ccccc5c(Cc5ccccc5)c4cc3B3c4c2cc2ccccc2c4-c2cc(C(C)(C)C)cc4c5cc(C(C)(C)C)ccc5n3c24)cc(C(C)(C)C)c1. The Hall–Kier alpha value is -7.36. The lowest BCUT2D eigenvalue weighted by Crippen LogP contribution is -2.56. The molecule has 0 radical (unpaired) electrons. The van der Waals surface area contributed by atoms with Crippen LogP contribution in [0, 0.1) is 0 Å². The Morgan fingerprint density at radius 2 is 0.893 bits per heavy atom. The van der Waals surface area contributed by atoms with Crippen LogP contribution in [-0.2, 0) is 34.5 Å². The van der Waals surface area contributed by atoms with Crippen LogP contribution in [0.5, 0.6) is 0 Å². The fraction of sp³-hybridized carbons (Fsp3) is 0.250. The van der Waals surface area contributed by atoms with Gasteiger partial charge in [0.25, 0.3) is 0 Å². The summed E-state index contributed by atoms with van der Waals surface area (Å²) in [7, 11) is 0. The van der Waals surface area contributed by atoms with E-state index in [1.165, 1.54) is 138 Å². The first-order chi connectivity index (χ1) is 35.7. The number of nitrogens with zero attached hydrogens (tertiary/aromatic N) is 2. The van der Waals surface area contributed by atoms with Crippen molar-refractivity contribution in [3.63, 3.8) is 0 Å². The monoisotopic (exact) mass is 973 g/mol. The summed E-state index contributed by atoms with van der Waals surface area (Å²) < 4.78 is 2.79. The van der Waals surface area contributed by atoms with Gasteiger partial charge in [-0.15, -0.1) is 0 Å². The molecule has 0 unspecified atom stereocenters. The Bertz CT molecular complexity index is 4110. The molecule has 2 nitrogen and oxygen atoms in total. The van der Waals surface area contributed by atoms with E-state index in [4.69, 9.17) is 0 Å². The molecule has 370 valence electrons. The molecular weight excluding hydrogens is 904 g/mol. The highest BCUT2D eigenvalue weighted by atomic mass is 15.2. The number of hydrogen-bond donors (Lipinski definition) is 0. The smallest absolute Gasteiger partial charge is 0.333 e. The minimum atomic E-state index is -0.120. The Kier molecular flexibility index (Phi) is 10.5. The second kappa shape index (κ2) is 16.6. The molecule has 0 spiro atoms. The van der Waals surface area contributed by atoms with Gasteiger partial charge in [0.05, 0.1) is 0 Å². The van der Waals surface area contributed by atoms with Crippen LogP contribution in [0.15, 0.2) is 176 Å². The fourth-order valence-electron chi connectivity index (χ4n) is 12.9. The molecule has 3 heteroatoms. The molecule has 0 aliphatic carbocycles. The van der Waals surface area contributed by atoms with Gasteiger partial charge in [-0.3, -0.25) is 0 Å². The fourth-order valence-corrected chi connectivity index (χ4v) is 12.9. The minimum absolute atomic E-state index is 0.0145. The van der Waals surface area contributed by atoms with Gasteiger partial charge in [0, 0.05) is 44.4 Å². The van der Waals surface area contributed by atoms with E-state index in [0.717, 1.165) is 12.8 Å². The molecule has 11 aromatic rings. The molecule has 13 rings (SSSR count). The summed E-state index contributed by atoms with van der Waals surface area (Å²) in [6.07, 6.45) is 1.66. The standard InChI is InChI=1S/C72H69BN2/c1-69(2,3)47-31-32-63-59(39-47)60-40-50(72(10,11)12)41-61-66-52-28-20-19-27-46(52)35-65-67(66)73(75(63)68(60)61)62-42-57-55(33-44-23-15-13-16-24-44)53-29-21-22-30-54(53)56(34-45-25-17-14-18-26-45)58(57)43-64(62)74(65)51-37-48(70(4,5)6)36-49(38-51)71(7,8)9/h13-32,35-43H,33-34H2,1-12H3. The quantitative estimate of drug-likeness (QED) is 0.123. The van der Waals surface area contributed by atoms with E-state index in [1.54, 1.807) is 0 Å². The average Bonchev–Trinajstić information content (AvgIpc) is 3.81. The molecule has 75 heavy (non-hydrogen) atoms. The lowest BCUT2D eigenvalue weighted by Gasteiger charge is -2.42. The normalized spacial score (nSPS) is 13.7. The molecular formula is C72H69BN2. The maximum atomic E-state index is 2.79. The molecule has 1 aromatic heterocycles. The zero-order valence-electron chi connectivity index (χ0n) is 46.1. The van der Waals surface area contributed by atoms with Crippen LogP contribution in [0.1, 0.15) is 128 Å². The molecule has 0 fully saturated rings. The van der Waals surface area contributed by atoms with Crippen LogP contribution in [0.25, 0.3) is 65.3 Å². The molecule has 3 heterocycles. The number of benzene rings is 10. The second-order valence-electron chi connectivity index (χ2n) is 26.2. The lowest BCUT2D eigenvalue weighted by atomic mass is 9.44. The highest BCUT2D eigenvalue weighted by Gasteiger charge is 2.45. The first kappa shape index (κ1) is 47.4. The van der Waals surface area contributed by atoms with Crippen LogP contribution in [0.4, 0.5) is 17.1 Å². The molecule has 2 aliphatic rings. The number of hydrogen-bond acceptors (Lipinski definition) is 1. The van der Waals surface area contributed by atoms with Crippen molar-refractivity contribution in [1.29, 1.82) is 0 Å². The topological polar surface area (TPSA) is 8.17 Å². The van der Waals surface area contributed by atoms with Crippen LogP contribution in [0.3, 0.4) is 0 Å². The van der Waals surface area contributed by atoms with Gasteiger partial charge in [-0.1, -0.05) is 210 Å². The maximum absolute atomic E-state index is 2.79. The van der Waals surface area contributed by atoms with Crippen molar-refractivity contribution < 1.29 is 0 Å². The Morgan fingerprint density at radius 3 is 1.47 bits per heavy atom. The van der Waals surface area contributed by atoms with Crippen molar-refractivity contribution in [3.8, 4) is 11.1 Å². The predicted molar refractivity (Wildman–Crippen MR) is 326 cm³/mol. The molecule has 0 amide bonds. The Balaban J connectivity index is 1.26. The van der Waals surface area contributed by atoms with E-state index in [-0.39, 0.29) is 28.5 Å². The molecule has 0 N–H and O–H groups in total. The average molecular weight is 973 g/mol. The van der Waals surface area contributed by atoms with E-state index < -0.39 is 0 Å². The molecule has 0 atom stereocenters. The van der Waals surface area contributed by atoms with Gasteiger partial charge in [-0.05, 0) is 176 Å². The lowest BCUT2D eigenvalue weighted by molar-refractivity contribution is 0.569. The number of aromatic nitrogens is 1. The van der Waals surface area contributed by atoms with Crippen LogP contribution in [0.2, 0.25) is 0 Å². The third kappa shape index (κ3) is 7.58. The van der Waals surface area contributed by atoms with Crippen LogP contribution in [-0.4, -0.2) is 11.3 Å². The van der Waals surface area contributed by atoms with Gasteiger partial charge in [-0.25, -0.2) is 0 Å². The van der Waals surface area contributed by atoms with Crippen molar-refractivity contribution >= 4 is 89.0 Å². The van der Waals surface area contributed by atoms with Crippen LogP contribution >= 0.6 is 0 Å². The summed E-state index contributed by atoms with van der Waals surface area (Å²) in [5, 5.41) is 10.6. The predicted octanol–water partition coefficient (Wildman–Crippen LogP) is 18.0. The summed E-state index contributed by atoms with van der Waals surface area (Å²) in [6.45, 7) is 28.3. The zero-order chi connectivity index (χ0) is 52.1. The highest BCUT2D eigenvalue weighted by Crippen LogP contribution is 2.51. The zero-order valence-corrected chi connectivity index (χ0v) is 46.1. The summed E-state index contributed by atoms with van der Waals surface area (Å²) in [5.74, 6) is 0. The minimum Gasteiger partial charge on any atom is -0.375 e. The van der Waals surface area contributed by atoms with Gasteiger partial charge in [-0.2, -0.15) is 0 Å². The highest BCUT2D eigenvalue weighted by molar-refractivity contribution is 6.90. The van der Waals surface area contributed by atoms with E-state index in [1.807, 2.05) is 0 Å². The van der Waals surface area contributed by atoms with Gasteiger partial charge in [0.2, 0.25) is 0 Å². The van der Waals surface area contributed by atoms with Crippen molar-refractivity contribution in [2.45, 2.75) is 118 Å². The molecule has 2 aliphatic heterocycles. The molecule has 0 bridgehead atoms. The van der Waals surface area contributed by atoms with Crippen LogP contribution < -0.4 is 15.8 Å². The summed E-state index contributed by atoms with van der Waals surface area (Å²) >= 11 is 0. The largest absolute Gasteiger partial charge is 0.375 e. The van der Waals surface area contributed by atoms with E-state index in [9.17, 15) is 0 Å². The van der Waals surface area contributed by atoms with Gasteiger partial charge >= 0.3 is 6.85 Å². The van der Waals surface area contributed by atoms with Gasteiger partial charge in [0.1, 0.15) is 0 Å². The number of fused-ring (bicyclic) bond motifs is 11. The summed E-state index contributed by atoms with van der Waals surface area (Å²) in [6, 6.07) is 68.7. The first-order valence-electron chi connectivity index (χ1n) is 27.5. The van der Waals surface area contributed by atoms with E-state index >= 15 is 0 Å². The van der Waals surface area contributed by atoms with Gasteiger partial charge in [0.15, 0.2) is 0 Å². The van der Waals surface area contributed by atoms with Crippen molar-refractivity contribution in [3.05, 3.63) is 220 Å². The number of rotatable bonds is 5. The Labute approximate surface area is 445 Å². The van der Waals surface area contributed by atoms with E-state index in [0.29, 0.717) is 0 Å². The number of anilines is 3. The van der Waals surface area contributed by atoms with Crippen molar-refractivity contribution in [1.82, 2.24) is 4.48 Å². The van der Waals surface area contributed by atoms with E-state index in [2.05, 4.69) is 268 Å². The summed E-state index contributed by atoms with van der Waals surface area (Å²) in [5.41, 5.74) is 22.3. The molecule has 0 saturated heterocycles.